The summed E-state index contributed by atoms with van der Waals surface area (Å²) in [6.07, 6.45) is 1.67. The molecule has 2 nitrogen and oxygen atoms in total. The molecule has 0 saturated carbocycles. The van der Waals surface area contributed by atoms with Gasteiger partial charge in [-0.25, -0.2) is 0 Å². The average molecular weight is 334 g/mol. The summed E-state index contributed by atoms with van der Waals surface area (Å²) in [5.41, 5.74) is 2.42. The smallest absolute Gasteiger partial charge is 0.157 e. The van der Waals surface area contributed by atoms with Gasteiger partial charge in [0.05, 0.1) is 13.2 Å². The van der Waals surface area contributed by atoms with Crippen LogP contribution in [0.3, 0.4) is 0 Å². The Bertz CT molecular complexity index is 700. The molecule has 0 bridgehead atoms. The van der Waals surface area contributed by atoms with E-state index < -0.39 is 0 Å². The first kappa shape index (κ1) is 17.7. The number of ether oxygens (including phenoxy) is 2. The van der Waals surface area contributed by atoms with E-state index >= 15 is 0 Å². The van der Waals surface area contributed by atoms with Crippen molar-refractivity contribution < 1.29 is 9.47 Å². The molecule has 1 heterocycles. The summed E-state index contributed by atoms with van der Waals surface area (Å²) < 4.78 is 11.7. The van der Waals surface area contributed by atoms with Crippen molar-refractivity contribution >= 4 is 0 Å². The SMILES string of the molecule is CC1(C)COC(CC[C@@H](C#Cc2ccccc2)c2ccccc2)OC1. The molecule has 0 unspecified atom stereocenters. The Kier molecular flexibility index (Phi) is 5.91. The quantitative estimate of drug-likeness (QED) is 0.733. The minimum Gasteiger partial charge on any atom is -0.352 e. The molecule has 0 aliphatic carbocycles. The van der Waals surface area contributed by atoms with Crippen LogP contribution in [-0.2, 0) is 9.47 Å². The van der Waals surface area contributed by atoms with Gasteiger partial charge in [-0.2, -0.15) is 0 Å². The van der Waals surface area contributed by atoms with E-state index in [0.29, 0.717) is 0 Å². The predicted molar refractivity (Wildman–Crippen MR) is 101 cm³/mol. The Morgan fingerprint density at radius 2 is 1.56 bits per heavy atom. The first-order chi connectivity index (χ1) is 12.1. The van der Waals surface area contributed by atoms with E-state index in [1.807, 2.05) is 36.4 Å². The van der Waals surface area contributed by atoms with E-state index in [9.17, 15) is 0 Å². The zero-order chi connectivity index (χ0) is 17.5. The molecule has 1 saturated heterocycles. The monoisotopic (exact) mass is 334 g/mol. The lowest BCUT2D eigenvalue weighted by molar-refractivity contribution is -0.224. The lowest BCUT2D eigenvalue weighted by Gasteiger charge is -2.34. The van der Waals surface area contributed by atoms with Gasteiger partial charge in [0.1, 0.15) is 0 Å². The molecule has 0 amide bonds. The highest BCUT2D eigenvalue weighted by Gasteiger charge is 2.28. The van der Waals surface area contributed by atoms with Crippen molar-refractivity contribution in [1.82, 2.24) is 0 Å². The second-order valence-electron chi connectivity index (χ2n) is 7.39. The highest BCUT2D eigenvalue weighted by molar-refractivity contribution is 5.37. The van der Waals surface area contributed by atoms with Crippen molar-refractivity contribution in [2.75, 3.05) is 13.2 Å². The second kappa shape index (κ2) is 8.34. The molecule has 2 aromatic rings. The maximum atomic E-state index is 5.87. The highest BCUT2D eigenvalue weighted by Crippen LogP contribution is 2.28. The molecule has 0 N–H and O–H groups in total. The minimum atomic E-state index is -0.113. The Labute approximate surface area is 151 Å². The molecule has 3 rings (SSSR count). The Morgan fingerprint density at radius 1 is 0.960 bits per heavy atom. The fourth-order valence-electron chi connectivity index (χ4n) is 2.90. The fourth-order valence-corrected chi connectivity index (χ4v) is 2.90. The van der Waals surface area contributed by atoms with Crippen LogP contribution in [-0.4, -0.2) is 19.5 Å². The lowest BCUT2D eigenvalue weighted by atomic mass is 9.93. The molecular formula is C23H26O2. The average Bonchev–Trinajstić information content (AvgIpc) is 2.64. The van der Waals surface area contributed by atoms with Gasteiger partial charge in [-0.15, -0.1) is 0 Å². The van der Waals surface area contributed by atoms with Gasteiger partial charge in [0.15, 0.2) is 6.29 Å². The van der Waals surface area contributed by atoms with Crippen molar-refractivity contribution in [2.45, 2.75) is 38.9 Å². The first-order valence-electron chi connectivity index (χ1n) is 8.97. The van der Waals surface area contributed by atoms with Crippen molar-refractivity contribution in [3.05, 3.63) is 71.8 Å². The predicted octanol–water partition coefficient (Wildman–Crippen LogP) is 5.00. The van der Waals surface area contributed by atoms with Crippen molar-refractivity contribution in [1.29, 1.82) is 0 Å². The number of hydrogen-bond donors (Lipinski definition) is 0. The van der Waals surface area contributed by atoms with E-state index in [0.717, 1.165) is 31.6 Å². The third-order valence-electron chi connectivity index (χ3n) is 4.38. The van der Waals surface area contributed by atoms with Crippen LogP contribution < -0.4 is 0 Å². The second-order valence-corrected chi connectivity index (χ2v) is 7.39. The zero-order valence-corrected chi connectivity index (χ0v) is 15.1. The maximum absolute atomic E-state index is 5.87. The van der Waals surface area contributed by atoms with Gasteiger partial charge < -0.3 is 9.47 Å². The molecule has 1 fully saturated rings. The van der Waals surface area contributed by atoms with Gasteiger partial charge in [-0.05, 0) is 30.5 Å². The Hall–Kier alpha value is -2.08. The summed E-state index contributed by atoms with van der Waals surface area (Å²) in [6, 6.07) is 20.6. The highest BCUT2D eigenvalue weighted by atomic mass is 16.7. The van der Waals surface area contributed by atoms with Crippen LogP contribution in [0.2, 0.25) is 0 Å². The third kappa shape index (κ3) is 5.46. The standard InChI is InChI=1S/C23H26O2/c1-23(2)17-24-22(25-18-23)16-15-21(20-11-7-4-8-12-20)14-13-19-9-5-3-6-10-19/h3-12,21-22H,15-18H2,1-2H3/t21-/m1/s1. The molecule has 1 aliphatic heterocycles. The third-order valence-corrected chi connectivity index (χ3v) is 4.38. The van der Waals surface area contributed by atoms with Crippen molar-refractivity contribution in [3.8, 4) is 11.8 Å². The van der Waals surface area contributed by atoms with Crippen LogP contribution in [0.5, 0.6) is 0 Å². The molecule has 2 aromatic carbocycles. The Morgan fingerprint density at radius 3 is 2.20 bits per heavy atom. The summed E-state index contributed by atoms with van der Waals surface area (Å²) in [5.74, 6) is 6.94. The number of benzene rings is 2. The van der Waals surface area contributed by atoms with Crippen molar-refractivity contribution in [2.24, 2.45) is 5.41 Å². The summed E-state index contributed by atoms with van der Waals surface area (Å²) >= 11 is 0. The van der Waals surface area contributed by atoms with Crippen LogP contribution in [0.1, 0.15) is 43.7 Å². The molecule has 0 spiro atoms. The lowest BCUT2D eigenvalue weighted by Crippen LogP contribution is -2.37. The van der Waals surface area contributed by atoms with Gasteiger partial charge in [0.2, 0.25) is 0 Å². The fraction of sp³-hybridized carbons (Fsp3) is 0.391. The van der Waals surface area contributed by atoms with Crippen LogP contribution >= 0.6 is 0 Å². The van der Waals surface area contributed by atoms with Crippen LogP contribution in [0.15, 0.2) is 60.7 Å². The van der Waals surface area contributed by atoms with E-state index in [1.54, 1.807) is 0 Å². The summed E-state index contributed by atoms with van der Waals surface area (Å²) in [6.45, 7) is 5.84. The minimum absolute atomic E-state index is 0.113. The normalized spacial score (nSPS) is 18.2. The molecule has 0 aromatic heterocycles. The first-order valence-corrected chi connectivity index (χ1v) is 8.97. The molecular weight excluding hydrogens is 308 g/mol. The van der Waals surface area contributed by atoms with Crippen LogP contribution in [0.4, 0.5) is 0 Å². The van der Waals surface area contributed by atoms with Gasteiger partial charge in [-0.1, -0.05) is 74.2 Å². The Balaban J connectivity index is 1.67. The van der Waals surface area contributed by atoms with E-state index in [1.165, 1.54) is 5.56 Å². The van der Waals surface area contributed by atoms with Crippen LogP contribution in [0.25, 0.3) is 0 Å². The zero-order valence-electron chi connectivity index (χ0n) is 15.1. The summed E-state index contributed by atoms with van der Waals surface area (Å²) in [5, 5.41) is 0. The molecule has 2 heteroatoms. The molecule has 25 heavy (non-hydrogen) atoms. The van der Waals surface area contributed by atoms with Gasteiger partial charge in [0.25, 0.3) is 0 Å². The molecule has 1 aliphatic rings. The molecule has 130 valence electrons. The summed E-state index contributed by atoms with van der Waals surface area (Å²) in [7, 11) is 0. The van der Waals surface area contributed by atoms with Gasteiger partial charge >= 0.3 is 0 Å². The van der Waals surface area contributed by atoms with E-state index in [2.05, 4.69) is 50.0 Å². The van der Waals surface area contributed by atoms with Crippen LogP contribution in [0, 0.1) is 17.3 Å². The maximum Gasteiger partial charge on any atom is 0.157 e. The summed E-state index contributed by atoms with van der Waals surface area (Å²) in [4.78, 5) is 0. The number of rotatable bonds is 4. The van der Waals surface area contributed by atoms with Gasteiger partial charge in [-0.3, -0.25) is 0 Å². The molecule has 0 radical (unpaired) electrons. The number of hydrogen-bond acceptors (Lipinski definition) is 2. The largest absolute Gasteiger partial charge is 0.352 e. The van der Waals surface area contributed by atoms with Gasteiger partial charge in [0, 0.05) is 16.9 Å². The van der Waals surface area contributed by atoms with E-state index in [-0.39, 0.29) is 17.6 Å². The topological polar surface area (TPSA) is 18.5 Å². The van der Waals surface area contributed by atoms with Crippen molar-refractivity contribution in [3.63, 3.8) is 0 Å². The molecule has 1 atom stereocenters. The van der Waals surface area contributed by atoms with E-state index in [4.69, 9.17) is 9.47 Å².